The van der Waals surface area contributed by atoms with E-state index in [-0.39, 0.29) is 22.5 Å². The fraction of sp³-hybridized carbons (Fsp3) is 0.559. The SMILES string of the molecule is CC(C)(C)OC(=O)C1(CC[C@H]2CCC[C@@H](O[Si](c3ccccc3)(c3ccccc3)C(C)(C)C)C2)CC=CC1. The minimum Gasteiger partial charge on any atom is -0.460 e. The lowest BCUT2D eigenvalue weighted by Crippen LogP contribution is -2.67. The zero-order valence-corrected chi connectivity index (χ0v) is 25.5. The molecule has 0 N–H and O–H groups in total. The van der Waals surface area contributed by atoms with Crippen molar-refractivity contribution in [1.82, 2.24) is 0 Å². The Hall–Kier alpha value is -2.17. The van der Waals surface area contributed by atoms with Crippen LogP contribution in [0, 0.1) is 11.3 Å². The van der Waals surface area contributed by atoms with Crippen molar-refractivity contribution in [3.63, 3.8) is 0 Å². The number of benzene rings is 2. The van der Waals surface area contributed by atoms with Gasteiger partial charge in [0.25, 0.3) is 8.32 Å². The van der Waals surface area contributed by atoms with Gasteiger partial charge in [-0.3, -0.25) is 4.79 Å². The first-order chi connectivity index (χ1) is 18.0. The molecule has 4 heteroatoms. The van der Waals surface area contributed by atoms with Gasteiger partial charge in [0.1, 0.15) is 5.60 Å². The van der Waals surface area contributed by atoms with Crippen LogP contribution in [0.15, 0.2) is 72.8 Å². The van der Waals surface area contributed by atoms with Gasteiger partial charge in [0.05, 0.1) is 5.41 Å². The molecule has 1 fully saturated rings. The van der Waals surface area contributed by atoms with Crippen LogP contribution in [0.3, 0.4) is 0 Å². The summed E-state index contributed by atoms with van der Waals surface area (Å²) in [6.07, 6.45) is 12.7. The molecule has 4 rings (SSSR count). The van der Waals surface area contributed by atoms with Gasteiger partial charge in [-0.25, -0.2) is 0 Å². The van der Waals surface area contributed by atoms with Crippen LogP contribution in [0.4, 0.5) is 0 Å². The van der Waals surface area contributed by atoms with Crippen LogP contribution in [-0.4, -0.2) is 26.0 Å². The summed E-state index contributed by atoms with van der Waals surface area (Å²) in [5.74, 6) is 0.554. The molecular formula is C34H48O3Si. The van der Waals surface area contributed by atoms with Crippen LogP contribution in [0.2, 0.25) is 5.04 Å². The first-order valence-electron chi connectivity index (χ1n) is 14.6. The number of carbonyl (C=O) groups excluding carboxylic acids is 1. The third-order valence-electron chi connectivity index (χ3n) is 8.54. The number of hydrogen-bond donors (Lipinski definition) is 0. The molecule has 0 heterocycles. The van der Waals surface area contributed by atoms with Crippen LogP contribution >= 0.6 is 0 Å². The highest BCUT2D eigenvalue weighted by atomic mass is 28.4. The largest absolute Gasteiger partial charge is 0.460 e. The van der Waals surface area contributed by atoms with Crippen LogP contribution in [0.25, 0.3) is 0 Å². The monoisotopic (exact) mass is 532 g/mol. The summed E-state index contributed by atoms with van der Waals surface area (Å²) in [5, 5.41) is 2.68. The van der Waals surface area contributed by atoms with Crippen molar-refractivity contribution >= 4 is 24.7 Å². The molecule has 2 aromatic carbocycles. The topological polar surface area (TPSA) is 35.5 Å². The molecule has 0 amide bonds. The molecule has 206 valence electrons. The lowest BCUT2D eigenvalue weighted by atomic mass is 9.75. The van der Waals surface area contributed by atoms with Crippen LogP contribution in [0.5, 0.6) is 0 Å². The molecular weight excluding hydrogens is 484 g/mol. The molecule has 1 saturated carbocycles. The van der Waals surface area contributed by atoms with Gasteiger partial charge in [0, 0.05) is 6.10 Å². The standard InChI is InChI=1S/C34H48O3Si/c1-32(2,3)36-31(35)34(23-13-14-24-34)25-22-27-16-15-17-28(26-27)37-38(33(4,5)6,29-18-9-7-10-19-29)30-20-11-8-12-21-30/h7-14,18-21,27-28H,15-17,22-26H2,1-6H3/t27-,28-/m1/s1. The minimum atomic E-state index is -2.56. The predicted octanol–water partition coefficient (Wildman–Crippen LogP) is 7.58. The second-order valence-electron chi connectivity index (χ2n) is 13.6. The first kappa shape index (κ1) is 28.8. The van der Waals surface area contributed by atoms with E-state index < -0.39 is 13.9 Å². The van der Waals surface area contributed by atoms with E-state index >= 15 is 0 Å². The quantitative estimate of drug-likeness (QED) is 0.200. The average Bonchev–Trinajstić information content (AvgIpc) is 3.36. The highest BCUT2D eigenvalue weighted by Crippen LogP contribution is 2.44. The van der Waals surface area contributed by atoms with E-state index in [0.29, 0.717) is 5.92 Å². The van der Waals surface area contributed by atoms with E-state index in [1.165, 1.54) is 23.2 Å². The number of carbonyl (C=O) groups is 1. The van der Waals surface area contributed by atoms with Crippen molar-refractivity contribution in [1.29, 1.82) is 0 Å². The molecule has 2 atom stereocenters. The minimum absolute atomic E-state index is 0.0149. The Kier molecular flexibility index (Phi) is 8.74. The van der Waals surface area contributed by atoms with Crippen molar-refractivity contribution in [2.45, 2.75) is 110 Å². The lowest BCUT2D eigenvalue weighted by molar-refractivity contribution is -0.167. The lowest BCUT2D eigenvalue weighted by Gasteiger charge is -2.46. The van der Waals surface area contributed by atoms with Crippen LogP contribution in [-0.2, 0) is 14.0 Å². The third-order valence-corrected chi connectivity index (χ3v) is 13.6. The summed E-state index contributed by atoms with van der Waals surface area (Å²) in [4.78, 5) is 13.3. The molecule has 0 radical (unpaired) electrons. The highest BCUT2D eigenvalue weighted by Gasteiger charge is 2.52. The van der Waals surface area contributed by atoms with E-state index in [9.17, 15) is 4.79 Å². The van der Waals surface area contributed by atoms with Crippen LogP contribution in [0.1, 0.15) is 92.9 Å². The van der Waals surface area contributed by atoms with Gasteiger partial charge < -0.3 is 9.16 Å². The van der Waals surface area contributed by atoms with Crippen molar-refractivity contribution in [3.05, 3.63) is 72.8 Å². The Bertz CT molecular complexity index is 1030. The van der Waals surface area contributed by atoms with Crippen molar-refractivity contribution in [3.8, 4) is 0 Å². The predicted molar refractivity (Wildman–Crippen MR) is 160 cm³/mol. The summed E-state index contributed by atoms with van der Waals surface area (Å²) in [6.45, 7) is 13.0. The van der Waals surface area contributed by atoms with E-state index in [0.717, 1.165) is 38.5 Å². The van der Waals surface area contributed by atoms with Gasteiger partial charge in [-0.15, -0.1) is 0 Å². The molecule has 2 aromatic rings. The second-order valence-corrected chi connectivity index (χ2v) is 17.9. The maximum absolute atomic E-state index is 13.3. The van der Waals surface area contributed by atoms with Gasteiger partial charge in [-0.2, -0.15) is 0 Å². The summed E-state index contributed by atoms with van der Waals surface area (Å²) in [6, 6.07) is 22.0. The Labute approximate surface area is 232 Å². The summed E-state index contributed by atoms with van der Waals surface area (Å²) >= 11 is 0. The Balaban J connectivity index is 1.54. The van der Waals surface area contributed by atoms with Gasteiger partial charge in [-0.05, 0) is 80.6 Å². The first-order valence-corrected chi connectivity index (χ1v) is 16.5. The Morgan fingerprint density at radius 3 is 1.92 bits per heavy atom. The van der Waals surface area contributed by atoms with E-state index in [2.05, 4.69) is 93.6 Å². The zero-order valence-electron chi connectivity index (χ0n) is 24.5. The van der Waals surface area contributed by atoms with Gasteiger partial charge in [-0.1, -0.05) is 106 Å². The second kappa shape index (κ2) is 11.5. The third kappa shape index (κ3) is 6.34. The Morgan fingerprint density at radius 2 is 1.42 bits per heavy atom. The van der Waals surface area contributed by atoms with Crippen LogP contribution < -0.4 is 10.4 Å². The molecule has 3 nitrogen and oxygen atoms in total. The van der Waals surface area contributed by atoms with Gasteiger partial charge >= 0.3 is 5.97 Å². The maximum Gasteiger partial charge on any atom is 0.313 e. The van der Waals surface area contributed by atoms with E-state index in [1.807, 2.05) is 20.8 Å². The number of ether oxygens (including phenoxy) is 1. The zero-order chi connectivity index (χ0) is 27.4. The summed E-state index contributed by atoms with van der Waals surface area (Å²) < 4.78 is 13.4. The highest BCUT2D eigenvalue weighted by molar-refractivity contribution is 6.99. The smallest absolute Gasteiger partial charge is 0.313 e. The number of hydrogen-bond acceptors (Lipinski definition) is 3. The molecule has 0 aromatic heterocycles. The molecule has 0 unspecified atom stereocenters. The summed E-state index contributed by atoms with van der Waals surface area (Å²) in [5.41, 5.74) is -0.842. The van der Waals surface area contributed by atoms with E-state index in [1.54, 1.807) is 0 Å². The molecule has 0 spiro atoms. The normalized spacial score (nSPS) is 21.8. The fourth-order valence-corrected chi connectivity index (χ4v) is 11.3. The molecule has 0 aliphatic heterocycles. The van der Waals surface area contributed by atoms with Crippen molar-refractivity contribution < 1.29 is 14.0 Å². The van der Waals surface area contributed by atoms with Gasteiger partial charge in [0.15, 0.2) is 0 Å². The molecule has 0 bridgehead atoms. The fourth-order valence-electron chi connectivity index (χ4n) is 6.59. The van der Waals surface area contributed by atoms with E-state index in [4.69, 9.17) is 9.16 Å². The van der Waals surface area contributed by atoms with Crippen molar-refractivity contribution in [2.75, 3.05) is 0 Å². The molecule has 2 aliphatic rings. The molecule has 38 heavy (non-hydrogen) atoms. The average molecular weight is 533 g/mol. The molecule has 0 saturated heterocycles. The van der Waals surface area contributed by atoms with Crippen molar-refractivity contribution in [2.24, 2.45) is 11.3 Å². The Morgan fingerprint density at radius 1 is 0.868 bits per heavy atom. The number of allylic oxidation sites excluding steroid dienone is 2. The maximum atomic E-state index is 13.3. The summed E-state index contributed by atoms with van der Waals surface area (Å²) in [7, 11) is -2.56. The molecule has 2 aliphatic carbocycles. The van der Waals surface area contributed by atoms with Gasteiger partial charge in [0.2, 0.25) is 0 Å². The number of rotatable bonds is 8. The number of esters is 1.